The van der Waals surface area contributed by atoms with E-state index in [9.17, 15) is 19.8 Å². The van der Waals surface area contributed by atoms with Crippen LogP contribution in [-0.4, -0.2) is 39.1 Å². The molecule has 0 aliphatic heterocycles. The maximum atomic E-state index is 11.4. The lowest BCUT2D eigenvalue weighted by Crippen LogP contribution is -2.19. The van der Waals surface area contributed by atoms with Gasteiger partial charge in [0.1, 0.15) is 17.3 Å². The molecule has 21 heavy (non-hydrogen) atoms. The fraction of sp³-hybridized carbons (Fsp3) is 0.286. The number of fused-ring (bicyclic) bond motifs is 1. The first-order valence-electron chi connectivity index (χ1n) is 6.22. The highest BCUT2D eigenvalue weighted by Gasteiger charge is 2.19. The lowest BCUT2D eigenvalue weighted by Gasteiger charge is -2.17. The Morgan fingerprint density at radius 1 is 1.24 bits per heavy atom. The fourth-order valence-corrected chi connectivity index (χ4v) is 1.99. The number of hydrogen-bond acceptors (Lipinski definition) is 6. The number of aromatic carboxylic acids is 1. The number of carboxylic acids is 1. The molecule has 0 spiro atoms. The van der Waals surface area contributed by atoms with Gasteiger partial charge in [-0.25, -0.2) is 9.59 Å². The van der Waals surface area contributed by atoms with Crippen molar-refractivity contribution < 1.29 is 29.6 Å². The van der Waals surface area contributed by atoms with Gasteiger partial charge in [-0.2, -0.15) is 0 Å². The van der Waals surface area contributed by atoms with Crippen LogP contribution in [-0.2, 0) is 0 Å². The number of carboxylic acid groups (broad SMARTS) is 1. The van der Waals surface area contributed by atoms with Gasteiger partial charge < -0.3 is 24.8 Å². The minimum absolute atomic E-state index is 0.00343. The van der Waals surface area contributed by atoms with E-state index in [-0.39, 0.29) is 18.6 Å². The van der Waals surface area contributed by atoms with Gasteiger partial charge in [-0.3, -0.25) is 0 Å². The summed E-state index contributed by atoms with van der Waals surface area (Å²) in [4.78, 5) is 22.3. The smallest absolute Gasteiger partial charge is 0.351 e. The highest BCUT2D eigenvalue weighted by molar-refractivity contribution is 5.91. The second-order valence-corrected chi connectivity index (χ2v) is 4.57. The van der Waals surface area contributed by atoms with E-state index >= 15 is 0 Å². The third-order valence-corrected chi connectivity index (χ3v) is 3.12. The van der Waals surface area contributed by atoms with E-state index in [1.54, 1.807) is 0 Å². The summed E-state index contributed by atoms with van der Waals surface area (Å²) < 4.78 is 4.88. The minimum Gasteiger partial charge on any atom is -0.477 e. The van der Waals surface area contributed by atoms with Crippen molar-refractivity contribution in [1.82, 2.24) is 0 Å². The Morgan fingerprint density at radius 3 is 2.57 bits per heavy atom. The SMILES string of the molecule is O=C(O)c1cc2cc(C(O)C(O)CCO)ccc2oc1=O. The second kappa shape index (κ2) is 6.04. The predicted molar refractivity (Wildman–Crippen MR) is 72.1 cm³/mol. The van der Waals surface area contributed by atoms with Gasteiger partial charge in [-0.1, -0.05) is 6.07 Å². The van der Waals surface area contributed by atoms with Crippen LogP contribution in [0.3, 0.4) is 0 Å². The summed E-state index contributed by atoms with van der Waals surface area (Å²) in [7, 11) is 0. The summed E-state index contributed by atoms with van der Waals surface area (Å²) in [5.41, 5.74) is -0.958. The summed E-state index contributed by atoms with van der Waals surface area (Å²) in [5.74, 6) is -1.41. The molecule has 0 saturated heterocycles. The molecule has 0 fully saturated rings. The van der Waals surface area contributed by atoms with Crippen LogP contribution in [0, 0.1) is 0 Å². The lowest BCUT2D eigenvalue weighted by atomic mass is 10.0. The first kappa shape index (κ1) is 15.2. The quantitative estimate of drug-likeness (QED) is 0.582. The Morgan fingerprint density at radius 2 is 1.95 bits per heavy atom. The first-order chi connectivity index (χ1) is 9.93. The van der Waals surface area contributed by atoms with Crippen molar-refractivity contribution in [2.24, 2.45) is 0 Å². The molecular formula is C14H14O7. The molecule has 7 heteroatoms. The fourth-order valence-electron chi connectivity index (χ4n) is 1.99. The van der Waals surface area contributed by atoms with Gasteiger partial charge in [0.25, 0.3) is 0 Å². The van der Waals surface area contributed by atoms with E-state index in [0.29, 0.717) is 10.9 Å². The van der Waals surface area contributed by atoms with E-state index in [4.69, 9.17) is 14.6 Å². The van der Waals surface area contributed by atoms with Gasteiger partial charge in [0.15, 0.2) is 0 Å². The van der Waals surface area contributed by atoms with Crippen LogP contribution in [0.15, 0.2) is 33.5 Å². The van der Waals surface area contributed by atoms with Gasteiger partial charge in [-0.15, -0.1) is 0 Å². The van der Waals surface area contributed by atoms with Crippen LogP contribution in [0.5, 0.6) is 0 Å². The molecule has 2 rings (SSSR count). The molecule has 4 N–H and O–H groups in total. The molecule has 0 saturated carbocycles. The second-order valence-electron chi connectivity index (χ2n) is 4.57. The van der Waals surface area contributed by atoms with Gasteiger partial charge >= 0.3 is 11.6 Å². The minimum atomic E-state index is -1.41. The van der Waals surface area contributed by atoms with Crippen LogP contribution < -0.4 is 5.63 Å². The molecule has 7 nitrogen and oxygen atoms in total. The number of aliphatic hydroxyl groups excluding tert-OH is 3. The summed E-state index contributed by atoms with van der Waals surface area (Å²) in [5, 5.41) is 37.5. The van der Waals surface area contributed by atoms with Crippen molar-refractivity contribution in [2.75, 3.05) is 6.61 Å². The van der Waals surface area contributed by atoms with Crippen molar-refractivity contribution in [3.63, 3.8) is 0 Å². The van der Waals surface area contributed by atoms with Crippen LogP contribution >= 0.6 is 0 Å². The van der Waals surface area contributed by atoms with E-state index < -0.39 is 29.4 Å². The molecule has 2 atom stereocenters. The third kappa shape index (κ3) is 3.10. The van der Waals surface area contributed by atoms with Crippen molar-refractivity contribution in [1.29, 1.82) is 0 Å². The molecule has 0 amide bonds. The summed E-state index contributed by atoms with van der Waals surface area (Å²) >= 11 is 0. The molecule has 0 bridgehead atoms. The molecule has 2 aromatic rings. The molecule has 1 aromatic carbocycles. The van der Waals surface area contributed by atoms with Crippen molar-refractivity contribution >= 4 is 16.9 Å². The average Bonchev–Trinajstić information content (AvgIpc) is 2.45. The van der Waals surface area contributed by atoms with Gasteiger partial charge in [0.2, 0.25) is 0 Å². The van der Waals surface area contributed by atoms with E-state index in [1.165, 1.54) is 18.2 Å². The van der Waals surface area contributed by atoms with E-state index in [0.717, 1.165) is 6.07 Å². The van der Waals surface area contributed by atoms with Crippen molar-refractivity contribution in [2.45, 2.75) is 18.6 Å². The third-order valence-electron chi connectivity index (χ3n) is 3.12. The Labute approximate surface area is 118 Å². The van der Waals surface area contributed by atoms with Crippen molar-refractivity contribution in [3.8, 4) is 0 Å². The zero-order valence-electron chi connectivity index (χ0n) is 10.9. The molecule has 112 valence electrons. The number of rotatable bonds is 5. The van der Waals surface area contributed by atoms with Gasteiger partial charge in [0.05, 0.1) is 6.10 Å². The Kier molecular flexibility index (Phi) is 4.37. The molecule has 1 heterocycles. The Bertz CT molecular complexity index is 719. The largest absolute Gasteiger partial charge is 0.477 e. The normalized spacial score (nSPS) is 14.0. The number of carbonyl (C=O) groups is 1. The van der Waals surface area contributed by atoms with E-state index in [1.807, 2.05) is 0 Å². The molecule has 2 unspecified atom stereocenters. The Balaban J connectivity index is 2.47. The van der Waals surface area contributed by atoms with Crippen LogP contribution in [0.25, 0.3) is 11.0 Å². The molecular weight excluding hydrogens is 280 g/mol. The zero-order valence-corrected chi connectivity index (χ0v) is 10.9. The maximum Gasteiger partial charge on any atom is 0.351 e. The standard InChI is InChI=1S/C14H14O7/c15-4-3-10(16)12(17)7-1-2-11-8(5-7)6-9(13(18)19)14(20)21-11/h1-2,5-6,10,12,15-17H,3-4H2,(H,18,19). The van der Waals surface area contributed by atoms with Gasteiger partial charge in [0, 0.05) is 12.0 Å². The van der Waals surface area contributed by atoms with Crippen molar-refractivity contribution in [3.05, 3.63) is 45.8 Å². The number of hydrogen-bond donors (Lipinski definition) is 4. The highest BCUT2D eigenvalue weighted by atomic mass is 16.4. The van der Waals surface area contributed by atoms with Crippen LogP contribution in [0.2, 0.25) is 0 Å². The summed E-state index contributed by atoms with van der Waals surface area (Å²) in [6.45, 7) is -0.274. The molecule has 0 aliphatic rings. The number of aliphatic hydroxyl groups is 3. The summed E-state index contributed by atoms with van der Waals surface area (Å²) in [6.07, 6.45) is -2.38. The monoisotopic (exact) mass is 294 g/mol. The Hall–Kier alpha value is -2.22. The topological polar surface area (TPSA) is 128 Å². The molecule has 1 aromatic heterocycles. The molecule has 0 radical (unpaired) electrons. The van der Waals surface area contributed by atoms with Crippen LogP contribution in [0.4, 0.5) is 0 Å². The maximum absolute atomic E-state index is 11.4. The van der Waals surface area contributed by atoms with Gasteiger partial charge in [-0.05, 0) is 30.2 Å². The van der Waals surface area contributed by atoms with E-state index in [2.05, 4.69) is 0 Å². The van der Waals surface area contributed by atoms with Crippen LogP contribution in [0.1, 0.15) is 28.4 Å². The average molecular weight is 294 g/mol. The lowest BCUT2D eigenvalue weighted by molar-refractivity contribution is 0.00428. The highest BCUT2D eigenvalue weighted by Crippen LogP contribution is 2.23. The summed E-state index contributed by atoms with van der Waals surface area (Å²) in [6, 6.07) is 5.44. The molecule has 0 aliphatic carbocycles. The zero-order chi connectivity index (χ0) is 15.6. The first-order valence-corrected chi connectivity index (χ1v) is 6.22. The predicted octanol–water partition coefficient (Wildman–Crippen LogP) is 0.268. The number of benzene rings is 1.